The molecule has 2 aliphatic rings. The van der Waals surface area contributed by atoms with Crippen LogP contribution in [0.3, 0.4) is 0 Å². The predicted octanol–water partition coefficient (Wildman–Crippen LogP) is 2.12. The van der Waals surface area contributed by atoms with Crippen molar-refractivity contribution in [1.29, 1.82) is 0 Å². The third kappa shape index (κ3) is 3.68. The molecule has 1 saturated heterocycles. The largest absolute Gasteiger partial charge is 0.279 e. The number of hydrogen-bond acceptors (Lipinski definition) is 2. The van der Waals surface area contributed by atoms with Crippen LogP contribution in [0.2, 0.25) is 0 Å². The van der Waals surface area contributed by atoms with E-state index in [1.165, 1.54) is 6.42 Å². The van der Waals surface area contributed by atoms with Crippen LogP contribution >= 0.6 is 15.9 Å². The van der Waals surface area contributed by atoms with E-state index in [4.69, 9.17) is 0 Å². The van der Waals surface area contributed by atoms with Crippen LogP contribution in [0.1, 0.15) is 39.0 Å². The molecule has 106 valence electrons. The van der Waals surface area contributed by atoms with Gasteiger partial charge in [-0.1, -0.05) is 29.3 Å². The first-order valence-corrected chi connectivity index (χ1v) is 9.23. The van der Waals surface area contributed by atoms with E-state index in [2.05, 4.69) is 27.6 Å². The summed E-state index contributed by atoms with van der Waals surface area (Å²) in [7, 11) is -3.26. The fourth-order valence-electron chi connectivity index (χ4n) is 2.89. The molecule has 0 bridgehead atoms. The number of nitrogens with zero attached hydrogens (tertiary/aromatic N) is 1. The summed E-state index contributed by atoms with van der Waals surface area (Å²) in [4.78, 5) is 0.473. The molecule has 3 unspecified atom stereocenters. The van der Waals surface area contributed by atoms with Gasteiger partial charge >= 0.3 is 0 Å². The van der Waals surface area contributed by atoms with Crippen molar-refractivity contribution in [3.8, 4) is 0 Å². The van der Waals surface area contributed by atoms with Crippen molar-refractivity contribution < 1.29 is 8.42 Å². The van der Waals surface area contributed by atoms with E-state index in [1.54, 1.807) is 4.31 Å². The van der Waals surface area contributed by atoms with Crippen LogP contribution in [0.5, 0.6) is 0 Å². The topological polar surface area (TPSA) is 49.4 Å². The molecule has 1 aliphatic carbocycles. The van der Waals surface area contributed by atoms with Crippen LogP contribution in [0, 0.1) is 11.8 Å². The van der Waals surface area contributed by atoms with E-state index in [9.17, 15) is 8.42 Å². The molecule has 0 amide bonds. The van der Waals surface area contributed by atoms with Crippen molar-refractivity contribution >= 4 is 26.1 Å². The molecule has 2 rings (SSSR count). The van der Waals surface area contributed by atoms with E-state index in [0.717, 1.165) is 25.7 Å². The van der Waals surface area contributed by atoms with Gasteiger partial charge in [0.05, 0.1) is 0 Å². The first-order valence-electron chi connectivity index (χ1n) is 6.88. The molecule has 4 nitrogen and oxygen atoms in total. The SMILES string of the molecule is CC1CCCN(S(=O)(=O)NCC2CCCC2Br)C1. The number of rotatable bonds is 4. The Balaban J connectivity index is 1.86. The van der Waals surface area contributed by atoms with Gasteiger partial charge in [-0.25, -0.2) is 4.72 Å². The highest BCUT2D eigenvalue weighted by Crippen LogP contribution is 2.31. The van der Waals surface area contributed by atoms with E-state index >= 15 is 0 Å². The molecule has 18 heavy (non-hydrogen) atoms. The van der Waals surface area contributed by atoms with Gasteiger partial charge in [-0.05, 0) is 37.5 Å². The summed E-state index contributed by atoms with van der Waals surface area (Å²) in [5.41, 5.74) is 0. The zero-order chi connectivity index (χ0) is 13.2. The molecule has 1 heterocycles. The zero-order valence-electron chi connectivity index (χ0n) is 10.9. The Morgan fingerprint density at radius 2 is 2.06 bits per heavy atom. The molecular formula is C12H23BrN2O2S. The third-order valence-electron chi connectivity index (χ3n) is 4.05. The molecular weight excluding hydrogens is 316 g/mol. The lowest BCUT2D eigenvalue weighted by Gasteiger charge is -2.30. The second-order valence-electron chi connectivity index (χ2n) is 5.67. The van der Waals surface area contributed by atoms with Gasteiger partial charge in [-0.15, -0.1) is 0 Å². The average Bonchev–Trinajstić information content (AvgIpc) is 2.72. The quantitative estimate of drug-likeness (QED) is 0.798. The Kier molecular flexibility index (Phi) is 5.08. The van der Waals surface area contributed by atoms with E-state index in [-0.39, 0.29) is 0 Å². The highest BCUT2D eigenvalue weighted by molar-refractivity contribution is 9.09. The standard InChI is InChI=1S/C12H23BrN2O2S/c1-10-4-3-7-15(9-10)18(16,17)14-8-11-5-2-6-12(11)13/h10-12,14H,2-9H2,1H3. The molecule has 1 N–H and O–H groups in total. The minimum Gasteiger partial charge on any atom is -0.202 e. The second kappa shape index (κ2) is 6.20. The summed E-state index contributed by atoms with van der Waals surface area (Å²) >= 11 is 3.63. The molecule has 0 spiro atoms. The van der Waals surface area contributed by atoms with E-state index in [1.807, 2.05) is 0 Å². The summed E-state index contributed by atoms with van der Waals surface area (Å²) < 4.78 is 28.8. The number of halogens is 1. The number of piperidine rings is 1. The van der Waals surface area contributed by atoms with Crippen LogP contribution in [0.25, 0.3) is 0 Å². The lowest BCUT2D eigenvalue weighted by molar-refractivity contribution is 0.277. The van der Waals surface area contributed by atoms with Crippen molar-refractivity contribution in [2.75, 3.05) is 19.6 Å². The fraction of sp³-hybridized carbons (Fsp3) is 1.00. The lowest BCUT2D eigenvalue weighted by atomic mass is 10.0. The smallest absolute Gasteiger partial charge is 0.202 e. The molecule has 2 fully saturated rings. The Morgan fingerprint density at radius 3 is 2.67 bits per heavy atom. The van der Waals surface area contributed by atoms with Crippen LogP contribution < -0.4 is 4.72 Å². The summed E-state index contributed by atoms with van der Waals surface area (Å²) in [5, 5.41) is 0. The van der Waals surface area contributed by atoms with Gasteiger partial charge in [0.15, 0.2) is 0 Å². The Bertz CT molecular complexity index is 374. The second-order valence-corrected chi connectivity index (χ2v) is 8.60. The zero-order valence-corrected chi connectivity index (χ0v) is 13.3. The molecule has 0 aromatic carbocycles. The third-order valence-corrected chi connectivity index (χ3v) is 6.80. The van der Waals surface area contributed by atoms with Gasteiger partial charge in [0, 0.05) is 24.5 Å². The first kappa shape index (κ1) is 14.8. The van der Waals surface area contributed by atoms with Crippen LogP contribution in [0.15, 0.2) is 0 Å². The average molecular weight is 339 g/mol. The van der Waals surface area contributed by atoms with Crippen LogP contribution in [0.4, 0.5) is 0 Å². The first-order chi connectivity index (χ1) is 8.49. The molecule has 0 aromatic heterocycles. The maximum atomic E-state index is 12.2. The van der Waals surface area contributed by atoms with Gasteiger partial charge in [0.1, 0.15) is 0 Å². The number of nitrogens with one attached hydrogen (secondary N) is 1. The van der Waals surface area contributed by atoms with Crippen LogP contribution in [-0.2, 0) is 10.2 Å². The fourth-order valence-corrected chi connectivity index (χ4v) is 5.09. The molecule has 6 heteroatoms. The maximum absolute atomic E-state index is 12.2. The monoisotopic (exact) mass is 338 g/mol. The summed E-state index contributed by atoms with van der Waals surface area (Å²) in [6.07, 6.45) is 5.59. The van der Waals surface area contributed by atoms with Crippen molar-refractivity contribution in [1.82, 2.24) is 9.03 Å². The Labute approximate surface area is 119 Å². The normalized spacial score (nSPS) is 34.9. The molecule has 0 radical (unpaired) electrons. The number of hydrogen-bond donors (Lipinski definition) is 1. The molecule has 3 atom stereocenters. The van der Waals surface area contributed by atoms with Gasteiger partial charge in [-0.2, -0.15) is 12.7 Å². The van der Waals surface area contributed by atoms with Crippen molar-refractivity contribution in [3.05, 3.63) is 0 Å². The lowest BCUT2D eigenvalue weighted by Crippen LogP contribution is -2.46. The molecule has 0 aromatic rings. The highest BCUT2D eigenvalue weighted by Gasteiger charge is 2.30. The maximum Gasteiger partial charge on any atom is 0.279 e. The Hall–Kier alpha value is 0.350. The number of alkyl halides is 1. The molecule has 1 aliphatic heterocycles. The minimum atomic E-state index is -3.26. The molecule has 1 saturated carbocycles. The van der Waals surface area contributed by atoms with Gasteiger partial charge in [-0.3, -0.25) is 0 Å². The van der Waals surface area contributed by atoms with Gasteiger partial charge in [0.2, 0.25) is 0 Å². The summed E-state index contributed by atoms with van der Waals surface area (Å²) in [6, 6.07) is 0. The van der Waals surface area contributed by atoms with Gasteiger partial charge < -0.3 is 0 Å². The van der Waals surface area contributed by atoms with Crippen molar-refractivity contribution in [3.63, 3.8) is 0 Å². The predicted molar refractivity (Wildman–Crippen MR) is 76.9 cm³/mol. The summed E-state index contributed by atoms with van der Waals surface area (Å²) in [6.45, 7) is 4.02. The van der Waals surface area contributed by atoms with Crippen LogP contribution in [-0.4, -0.2) is 37.2 Å². The van der Waals surface area contributed by atoms with Crippen molar-refractivity contribution in [2.24, 2.45) is 11.8 Å². The van der Waals surface area contributed by atoms with Gasteiger partial charge in [0.25, 0.3) is 10.2 Å². The highest BCUT2D eigenvalue weighted by atomic mass is 79.9. The van der Waals surface area contributed by atoms with E-state index in [0.29, 0.717) is 36.3 Å². The van der Waals surface area contributed by atoms with Crippen molar-refractivity contribution in [2.45, 2.75) is 43.9 Å². The summed E-state index contributed by atoms with van der Waals surface area (Å²) in [5.74, 6) is 0.924. The Morgan fingerprint density at radius 1 is 1.28 bits per heavy atom. The minimum absolute atomic E-state index is 0.446. The van der Waals surface area contributed by atoms with E-state index < -0.39 is 10.2 Å².